The molecular weight excluding hydrogens is 198 g/mol. The molecule has 0 aliphatic heterocycles. The van der Waals surface area contributed by atoms with E-state index in [0.29, 0.717) is 6.54 Å². The van der Waals surface area contributed by atoms with Crippen molar-refractivity contribution in [3.05, 3.63) is 6.92 Å². The van der Waals surface area contributed by atoms with Crippen molar-refractivity contribution in [2.45, 2.75) is 0 Å². The molecule has 0 aromatic heterocycles. The SMILES string of the molecule is [CH2-]CNP(C)(C)=O.[Y]. The standard InChI is InChI=1S/C4H11NOP.Y/c1-4-5-7(2,3)6;/h1,4H2,2-3H3,(H,5,6);/q-1;. The average Bonchev–Trinajstić information content (AvgIpc) is 1.30. The van der Waals surface area contributed by atoms with Gasteiger partial charge in [0.05, 0.1) is 0 Å². The Balaban J connectivity index is 0. The van der Waals surface area contributed by atoms with Crippen molar-refractivity contribution < 1.29 is 37.3 Å². The Morgan fingerprint density at radius 2 is 2.00 bits per heavy atom. The Hall–Kier alpha value is 1.29. The summed E-state index contributed by atoms with van der Waals surface area (Å²) in [6.07, 6.45) is 0. The van der Waals surface area contributed by atoms with Crippen LogP contribution in [-0.4, -0.2) is 19.9 Å². The van der Waals surface area contributed by atoms with Crippen LogP contribution in [0.4, 0.5) is 0 Å². The van der Waals surface area contributed by atoms with E-state index in [1.807, 2.05) is 0 Å². The zero-order valence-electron chi connectivity index (χ0n) is 5.35. The van der Waals surface area contributed by atoms with Gasteiger partial charge in [-0.3, -0.25) is 5.09 Å². The molecular formula is C4H11NOPY-. The summed E-state index contributed by atoms with van der Waals surface area (Å²) in [5.41, 5.74) is 0. The summed E-state index contributed by atoms with van der Waals surface area (Å²) in [6, 6.07) is 0. The van der Waals surface area contributed by atoms with Crippen molar-refractivity contribution in [3.8, 4) is 0 Å². The van der Waals surface area contributed by atoms with Crippen molar-refractivity contribution in [2.75, 3.05) is 19.9 Å². The smallest absolute Gasteiger partial charge is 0.139 e. The summed E-state index contributed by atoms with van der Waals surface area (Å²) < 4.78 is 10.7. The Kier molecular flexibility index (Phi) is 7.67. The molecule has 0 aliphatic carbocycles. The predicted octanol–water partition coefficient (Wildman–Crippen LogP) is 0.945. The second-order valence-corrected chi connectivity index (χ2v) is 4.78. The summed E-state index contributed by atoms with van der Waals surface area (Å²) in [6.45, 7) is 7.39. The van der Waals surface area contributed by atoms with Gasteiger partial charge in [0.1, 0.15) is 7.29 Å². The Labute approximate surface area is 76.1 Å². The fourth-order valence-corrected chi connectivity index (χ4v) is 0.808. The van der Waals surface area contributed by atoms with E-state index in [-0.39, 0.29) is 32.7 Å². The van der Waals surface area contributed by atoms with Crippen molar-refractivity contribution in [1.82, 2.24) is 5.09 Å². The molecule has 0 aromatic rings. The van der Waals surface area contributed by atoms with Crippen LogP contribution in [0.15, 0.2) is 0 Å². The number of nitrogens with one attached hydrogen (secondary N) is 1. The number of hydrogen-bond donors (Lipinski definition) is 1. The number of hydrogen-bond acceptors (Lipinski definition) is 1. The first-order chi connectivity index (χ1) is 3.06. The molecule has 0 aromatic carbocycles. The molecule has 0 aliphatic rings. The fourth-order valence-electron chi connectivity index (χ4n) is 0.269. The van der Waals surface area contributed by atoms with Crippen LogP contribution in [0.3, 0.4) is 0 Å². The van der Waals surface area contributed by atoms with E-state index in [0.717, 1.165) is 0 Å². The molecule has 0 saturated carbocycles. The zero-order chi connectivity index (χ0) is 5.91. The van der Waals surface area contributed by atoms with E-state index < -0.39 is 7.29 Å². The van der Waals surface area contributed by atoms with Crippen LogP contribution < -0.4 is 5.09 Å². The van der Waals surface area contributed by atoms with E-state index in [1.165, 1.54) is 0 Å². The van der Waals surface area contributed by atoms with Gasteiger partial charge in [-0.25, -0.2) is 0 Å². The van der Waals surface area contributed by atoms with Gasteiger partial charge in [-0.05, 0) is 0 Å². The van der Waals surface area contributed by atoms with Crippen LogP contribution in [0.1, 0.15) is 0 Å². The van der Waals surface area contributed by atoms with Gasteiger partial charge in [-0.2, -0.15) is 0 Å². The van der Waals surface area contributed by atoms with Gasteiger partial charge in [0.25, 0.3) is 0 Å². The van der Waals surface area contributed by atoms with Crippen LogP contribution in [0, 0.1) is 6.92 Å². The maximum absolute atomic E-state index is 10.7. The molecule has 0 atom stereocenters. The monoisotopic (exact) mass is 209 g/mol. The average molecular weight is 209 g/mol. The summed E-state index contributed by atoms with van der Waals surface area (Å²) >= 11 is 0. The molecule has 0 saturated heterocycles. The second kappa shape index (κ2) is 5.11. The molecule has 0 spiro atoms. The largest absolute Gasteiger partial charge is 0.329 e. The molecule has 47 valence electrons. The van der Waals surface area contributed by atoms with Crippen LogP contribution in [0.2, 0.25) is 0 Å². The van der Waals surface area contributed by atoms with Crippen molar-refractivity contribution in [2.24, 2.45) is 0 Å². The first kappa shape index (κ1) is 12.0. The van der Waals surface area contributed by atoms with Crippen LogP contribution >= 0.6 is 7.29 Å². The van der Waals surface area contributed by atoms with Gasteiger partial charge in [0.15, 0.2) is 0 Å². The minimum atomic E-state index is -1.98. The predicted molar refractivity (Wildman–Crippen MR) is 32.8 cm³/mol. The second-order valence-electron chi connectivity index (χ2n) is 1.76. The molecule has 0 heterocycles. The quantitative estimate of drug-likeness (QED) is 0.541. The molecule has 4 heteroatoms. The van der Waals surface area contributed by atoms with Gasteiger partial charge in [0, 0.05) is 46.0 Å². The third kappa shape index (κ3) is 10.3. The van der Waals surface area contributed by atoms with Gasteiger partial charge < -0.3 is 11.5 Å². The zero-order valence-corrected chi connectivity index (χ0v) is 9.08. The molecule has 0 bridgehead atoms. The van der Waals surface area contributed by atoms with Crippen molar-refractivity contribution >= 4 is 7.29 Å². The molecule has 0 unspecified atom stereocenters. The third-order valence-corrected chi connectivity index (χ3v) is 1.48. The van der Waals surface area contributed by atoms with Crippen molar-refractivity contribution in [1.29, 1.82) is 0 Å². The van der Waals surface area contributed by atoms with E-state index in [1.54, 1.807) is 13.3 Å². The summed E-state index contributed by atoms with van der Waals surface area (Å²) in [5.74, 6) is 0. The van der Waals surface area contributed by atoms with Crippen LogP contribution in [0.5, 0.6) is 0 Å². The minimum absolute atomic E-state index is 0. The molecule has 1 N–H and O–H groups in total. The topological polar surface area (TPSA) is 29.1 Å². The van der Waals surface area contributed by atoms with Crippen LogP contribution in [-0.2, 0) is 37.3 Å². The van der Waals surface area contributed by atoms with Crippen molar-refractivity contribution in [3.63, 3.8) is 0 Å². The van der Waals surface area contributed by atoms with E-state index >= 15 is 0 Å². The maximum atomic E-state index is 10.7. The van der Waals surface area contributed by atoms with Gasteiger partial charge in [0.2, 0.25) is 0 Å². The molecule has 1 radical (unpaired) electrons. The fraction of sp³-hybridized carbons (Fsp3) is 0.750. The van der Waals surface area contributed by atoms with Gasteiger partial charge >= 0.3 is 0 Å². The van der Waals surface area contributed by atoms with E-state index in [2.05, 4.69) is 12.0 Å². The molecule has 0 fully saturated rings. The first-order valence-corrected chi connectivity index (χ1v) is 4.76. The summed E-state index contributed by atoms with van der Waals surface area (Å²) in [4.78, 5) is 0. The Bertz CT molecular complexity index is 90.0. The normalized spacial score (nSPS) is 10.4. The molecule has 0 amide bonds. The minimum Gasteiger partial charge on any atom is -0.329 e. The maximum Gasteiger partial charge on any atom is 0.139 e. The van der Waals surface area contributed by atoms with Crippen LogP contribution in [0.25, 0.3) is 0 Å². The molecule has 0 rings (SSSR count). The number of rotatable bonds is 2. The summed E-state index contributed by atoms with van der Waals surface area (Å²) in [7, 11) is -1.98. The summed E-state index contributed by atoms with van der Waals surface area (Å²) in [5, 5.41) is 2.73. The Morgan fingerprint density at radius 3 is 2.00 bits per heavy atom. The van der Waals surface area contributed by atoms with Gasteiger partial charge in [-0.1, -0.05) is 0 Å². The van der Waals surface area contributed by atoms with Gasteiger partial charge in [-0.15, -0.1) is 6.54 Å². The Morgan fingerprint density at radius 1 is 1.62 bits per heavy atom. The van der Waals surface area contributed by atoms with E-state index in [4.69, 9.17) is 0 Å². The first-order valence-electron chi connectivity index (χ1n) is 2.15. The molecule has 2 nitrogen and oxygen atoms in total. The van der Waals surface area contributed by atoms with E-state index in [9.17, 15) is 4.57 Å². The third-order valence-electron chi connectivity index (χ3n) is 0.493. The molecule has 8 heavy (non-hydrogen) atoms.